The number of aryl methyl sites for hydroxylation is 2. The van der Waals surface area contributed by atoms with Crippen molar-refractivity contribution >= 4 is 17.9 Å². The first-order chi connectivity index (χ1) is 18.0. The molecule has 198 valence electrons. The summed E-state index contributed by atoms with van der Waals surface area (Å²) >= 11 is 0. The van der Waals surface area contributed by atoms with E-state index in [0.29, 0.717) is 31.8 Å². The molecule has 37 heavy (non-hydrogen) atoms. The Bertz CT molecular complexity index is 1080. The number of carbonyl (C=O) groups is 2. The highest BCUT2D eigenvalue weighted by Gasteiger charge is 2.31. The second-order valence-electron chi connectivity index (χ2n) is 10.6. The molecule has 0 bridgehead atoms. The van der Waals surface area contributed by atoms with Crippen LogP contribution in [0.2, 0.25) is 0 Å². The molecule has 0 radical (unpaired) electrons. The minimum Gasteiger partial charge on any atom is -0.480 e. The molecular formula is C29H38N4O4. The number of carbonyl (C=O) groups excluding carboxylic acids is 1. The van der Waals surface area contributed by atoms with Crippen LogP contribution in [0.1, 0.15) is 60.9 Å². The van der Waals surface area contributed by atoms with Crippen LogP contribution in [0.5, 0.6) is 0 Å². The minimum absolute atomic E-state index is 0.241. The van der Waals surface area contributed by atoms with E-state index < -0.39 is 18.1 Å². The van der Waals surface area contributed by atoms with Gasteiger partial charge in [-0.2, -0.15) is 0 Å². The minimum atomic E-state index is -1.02. The fraction of sp³-hybridized carbons (Fsp3) is 0.552. The lowest BCUT2D eigenvalue weighted by Gasteiger charge is -2.24. The zero-order chi connectivity index (χ0) is 25.6. The molecule has 1 amide bonds. The molecule has 2 heterocycles. The molecule has 1 saturated carbocycles. The summed E-state index contributed by atoms with van der Waals surface area (Å²) in [5, 5.41) is 15.7. The van der Waals surface area contributed by atoms with E-state index in [1.54, 1.807) is 0 Å². The number of fused-ring (bicyclic) bond motifs is 2. The van der Waals surface area contributed by atoms with Crippen LogP contribution in [0.4, 0.5) is 10.6 Å². The first-order valence-electron chi connectivity index (χ1n) is 13.8. The van der Waals surface area contributed by atoms with Crippen LogP contribution in [0.3, 0.4) is 0 Å². The molecule has 0 saturated heterocycles. The Morgan fingerprint density at radius 2 is 1.86 bits per heavy atom. The van der Waals surface area contributed by atoms with Gasteiger partial charge in [-0.3, -0.25) is 0 Å². The molecule has 1 unspecified atom stereocenters. The molecule has 5 rings (SSSR count). The second-order valence-corrected chi connectivity index (χ2v) is 10.6. The van der Waals surface area contributed by atoms with Crippen molar-refractivity contribution in [1.82, 2.24) is 15.2 Å². The predicted molar refractivity (Wildman–Crippen MR) is 142 cm³/mol. The maximum atomic E-state index is 12.5. The number of anilines is 1. The number of rotatable bonds is 12. The van der Waals surface area contributed by atoms with Gasteiger partial charge in [0.1, 0.15) is 18.0 Å². The lowest BCUT2D eigenvalue weighted by atomic mass is 10.1. The molecule has 2 aliphatic carbocycles. The quantitative estimate of drug-likeness (QED) is 0.374. The van der Waals surface area contributed by atoms with E-state index in [0.717, 1.165) is 63.1 Å². The molecule has 1 aromatic carbocycles. The Morgan fingerprint density at radius 3 is 2.59 bits per heavy atom. The largest absolute Gasteiger partial charge is 0.480 e. The SMILES string of the molecule is O=C(NC(CCN(CCCCc1ccc2c(n1)NCCC2)C1CC1)C(=O)O)OC1Cc2ccccc2C1. The van der Waals surface area contributed by atoms with Gasteiger partial charge in [-0.05, 0) is 80.7 Å². The number of benzene rings is 1. The van der Waals surface area contributed by atoms with E-state index in [9.17, 15) is 14.7 Å². The van der Waals surface area contributed by atoms with Gasteiger partial charge < -0.3 is 25.4 Å². The van der Waals surface area contributed by atoms with Gasteiger partial charge in [0.2, 0.25) is 0 Å². The van der Waals surface area contributed by atoms with Crippen molar-refractivity contribution in [2.24, 2.45) is 0 Å². The molecule has 8 heteroatoms. The number of unbranched alkanes of at least 4 members (excludes halogenated alkanes) is 1. The van der Waals surface area contributed by atoms with E-state index in [1.807, 2.05) is 24.3 Å². The van der Waals surface area contributed by atoms with Crippen molar-refractivity contribution in [3.63, 3.8) is 0 Å². The first kappa shape index (κ1) is 25.5. The number of amides is 1. The van der Waals surface area contributed by atoms with Crippen LogP contribution in [-0.2, 0) is 35.2 Å². The Balaban J connectivity index is 1.04. The van der Waals surface area contributed by atoms with Gasteiger partial charge in [-0.15, -0.1) is 0 Å². The van der Waals surface area contributed by atoms with Crippen LogP contribution >= 0.6 is 0 Å². The van der Waals surface area contributed by atoms with Crippen molar-refractivity contribution < 1.29 is 19.4 Å². The molecule has 1 aliphatic heterocycles. The van der Waals surface area contributed by atoms with E-state index in [1.165, 1.54) is 23.1 Å². The highest BCUT2D eigenvalue weighted by Crippen LogP contribution is 2.28. The van der Waals surface area contributed by atoms with Crippen molar-refractivity contribution in [3.05, 3.63) is 58.8 Å². The van der Waals surface area contributed by atoms with Gasteiger partial charge in [0.25, 0.3) is 0 Å². The van der Waals surface area contributed by atoms with Crippen molar-refractivity contribution in [2.45, 2.75) is 82.4 Å². The summed E-state index contributed by atoms with van der Waals surface area (Å²) < 4.78 is 5.56. The summed E-state index contributed by atoms with van der Waals surface area (Å²) in [7, 11) is 0. The van der Waals surface area contributed by atoms with Gasteiger partial charge in [-0.25, -0.2) is 14.6 Å². The summed E-state index contributed by atoms with van der Waals surface area (Å²) in [5.41, 5.74) is 4.82. The third kappa shape index (κ3) is 7.01. The van der Waals surface area contributed by atoms with Crippen LogP contribution in [0, 0.1) is 0 Å². The number of carboxylic acid groups (broad SMARTS) is 1. The summed E-state index contributed by atoms with van der Waals surface area (Å²) in [6.45, 7) is 2.58. The van der Waals surface area contributed by atoms with Crippen LogP contribution in [0.15, 0.2) is 36.4 Å². The number of nitrogens with one attached hydrogen (secondary N) is 2. The molecule has 1 aromatic heterocycles. The zero-order valence-corrected chi connectivity index (χ0v) is 21.5. The van der Waals surface area contributed by atoms with Crippen molar-refractivity contribution in [1.29, 1.82) is 0 Å². The monoisotopic (exact) mass is 506 g/mol. The Hall–Kier alpha value is -3.13. The molecule has 2 aromatic rings. The molecule has 3 aliphatic rings. The highest BCUT2D eigenvalue weighted by atomic mass is 16.6. The van der Waals surface area contributed by atoms with Gasteiger partial charge in [0.05, 0.1) is 0 Å². The van der Waals surface area contributed by atoms with E-state index >= 15 is 0 Å². The molecule has 1 fully saturated rings. The average molecular weight is 507 g/mol. The number of ether oxygens (including phenoxy) is 1. The Labute approximate surface area is 218 Å². The third-order valence-electron chi connectivity index (χ3n) is 7.73. The van der Waals surface area contributed by atoms with Crippen LogP contribution in [-0.4, -0.2) is 64.9 Å². The summed E-state index contributed by atoms with van der Waals surface area (Å²) in [6, 6.07) is 12.0. The number of pyridine rings is 1. The number of nitrogens with zero attached hydrogens (tertiary/aromatic N) is 2. The van der Waals surface area contributed by atoms with Gasteiger partial charge in [0, 0.05) is 37.7 Å². The maximum absolute atomic E-state index is 12.5. The lowest BCUT2D eigenvalue weighted by molar-refractivity contribution is -0.139. The van der Waals surface area contributed by atoms with Gasteiger partial charge >= 0.3 is 12.1 Å². The average Bonchev–Trinajstić information content (AvgIpc) is 3.66. The number of hydrogen-bond donors (Lipinski definition) is 3. The van der Waals surface area contributed by atoms with E-state index in [-0.39, 0.29) is 6.10 Å². The number of alkyl carbamates (subject to hydrolysis) is 1. The van der Waals surface area contributed by atoms with Crippen molar-refractivity contribution in [3.8, 4) is 0 Å². The fourth-order valence-corrected chi connectivity index (χ4v) is 5.53. The normalized spacial score (nSPS) is 17.5. The topological polar surface area (TPSA) is 104 Å². The highest BCUT2D eigenvalue weighted by molar-refractivity contribution is 5.80. The molecular weight excluding hydrogens is 468 g/mol. The third-order valence-corrected chi connectivity index (χ3v) is 7.73. The van der Waals surface area contributed by atoms with Crippen LogP contribution in [0.25, 0.3) is 0 Å². The van der Waals surface area contributed by atoms with Crippen LogP contribution < -0.4 is 10.6 Å². The summed E-state index contributed by atoms with van der Waals surface area (Å²) in [6.07, 6.45) is 8.45. The van der Waals surface area contributed by atoms with E-state index in [4.69, 9.17) is 9.72 Å². The zero-order valence-electron chi connectivity index (χ0n) is 21.5. The summed E-state index contributed by atoms with van der Waals surface area (Å²) in [5.74, 6) is 0.0288. The van der Waals surface area contributed by atoms with E-state index in [2.05, 4.69) is 27.7 Å². The Kier molecular flexibility index (Phi) is 8.24. The standard InChI is InChI=1S/C29H38N4O4/c34-28(35)26(32-29(36)37-25-18-21-6-1-2-7-22(21)19-25)14-17-33(24-12-13-24)16-4-3-9-23-11-10-20-8-5-15-30-27(20)31-23/h1-2,6-7,10-11,24-26H,3-5,8-9,12-19H2,(H,30,31)(H,32,36)(H,34,35). The summed E-state index contributed by atoms with van der Waals surface area (Å²) in [4.78, 5) is 31.5. The second kappa shape index (κ2) is 11.9. The molecule has 0 spiro atoms. The maximum Gasteiger partial charge on any atom is 0.408 e. The smallest absolute Gasteiger partial charge is 0.408 e. The molecule has 8 nitrogen and oxygen atoms in total. The number of aliphatic carboxylic acids is 1. The lowest BCUT2D eigenvalue weighted by Crippen LogP contribution is -2.44. The predicted octanol–water partition coefficient (Wildman–Crippen LogP) is 3.96. The van der Waals surface area contributed by atoms with Gasteiger partial charge in [-0.1, -0.05) is 30.3 Å². The fourth-order valence-electron chi connectivity index (χ4n) is 5.53. The number of carboxylic acids is 1. The first-order valence-corrected chi connectivity index (χ1v) is 13.8. The number of aromatic nitrogens is 1. The molecule has 1 atom stereocenters. The van der Waals surface area contributed by atoms with Crippen molar-refractivity contribution in [2.75, 3.05) is 25.0 Å². The number of hydrogen-bond acceptors (Lipinski definition) is 6. The van der Waals surface area contributed by atoms with Gasteiger partial charge in [0.15, 0.2) is 0 Å². The molecule has 3 N–H and O–H groups in total. The Morgan fingerprint density at radius 1 is 1.08 bits per heavy atom.